The van der Waals surface area contributed by atoms with Gasteiger partial charge in [-0.3, -0.25) is 0 Å². The molecule has 19 heavy (non-hydrogen) atoms. The van der Waals surface area contributed by atoms with E-state index < -0.39 is 6.10 Å². The molecule has 98 valence electrons. The third-order valence-electron chi connectivity index (χ3n) is 2.76. The van der Waals surface area contributed by atoms with Crippen molar-refractivity contribution >= 4 is 22.9 Å². The Morgan fingerprint density at radius 2 is 2.26 bits per heavy atom. The largest absolute Gasteiger partial charge is 0.387 e. The molecule has 3 nitrogen and oxygen atoms in total. The Bertz CT molecular complexity index is 578. The molecule has 0 fully saturated rings. The number of nitriles is 1. The van der Waals surface area contributed by atoms with Crippen LogP contribution in [-0.4, -0.2) is 11.7 Å². The number of nitrogens with zero attached hydrogens (tertiary/aromatic N) is 1. The van der Waals surface area contributed by atoms with Gasteiger partial charge in [-0.1, -0.05) is 17.7 Å². The number of benzene rings is 1. The van der Waals surface area contributed by atoms with Crippen molar-refractivity contribution in [1.29, 1.82) is 5.26 Å². The van der Waals surface area contributed by atoms with Crippen LogP contribution in [0.5, 0.6) is 0 Å². The van der Waals surface area contributed by atoms with Gasteiger partial charge in [0.2, 0.25) is 0 Å². The first-order valence-electron chi connectivity index (χ1n) is 5.80. The van der Waals surface area contributed by atoms with E-state index in [1.54, 1.807) is 23.5 Å². The zero-order chi connectivity index (χ0) is 13.7. The van der Waals surface area contributed by atoms with Gasteiger partial charge in [-0.05, 0) is 40.1 Å². The van der Waals surface area contributed by atoms with Crippen LogP contribution in [0.4, 0.5) is 0 Å². The monoisotopic (exact) mass is 292 g/mol. The van der Waals surface area contributed by atoms with Gasteiger partial charge in [-0.2, -0.15) is 16.6 Å². The van der Waals surface area contributed by atoms with Crippen LogP contribution >= 0.6 is 22.9 Å². The summed E-state index contributed by atoms with van der Waals surface area (Å²) in [5.41, 5.74) is 2.38. The minimum Gasteiger partial charge on any atom is -0.387 e. The Morgan fingerprint density at radius 3 is 2.89 bits per heavy atom. The topological polar surface area (TPSA) is 56.0 Å². The molecule has 0 radical (unpaired) electrons. The van der Waals surface area contributed by atoms with Gasteiger partial charge in [-0.15, -0.1) is 0 Å². The summed E-state index contributed by atoms with van der Waals surface area (Å²) in [5.74, 6) is 0. The van der Waals surface area contributed by atoms with Gasteiger partial charge >= 0.3 is 0 Å². The van der Waals surface area contributed by atoms with Gasteiger partial charge in [0.1, 0.15) is 0 Å². The summed E-state index contributed by atoms with van der Waals surface area (Å²) < 4.78 is 0. The van der Waals surface area contributed by atoms with Crippen LogP contribution in [-0.2, 0) is 6.54 Å². The van der Waals surface area contributed by atoms with E-state index in [1.165, 1.54) is 0 Å². The lowest BCUT2D eigenvalue weighted by molar-refractivity contribution is 0.175. The molecule has 0 saturated heterocycles. The SMILES string of the molecule is N#Cc1ccc(CNCC(O)c2ccsc2)c(Cl)c1. The highest BCUT2D eigenvalue weighted by Gasteiger charge is 2.08. The summed E-state index contributed by atoms with van der Waals surface area (Å²) in [4.78, 5) is 0. The number of hydrogen-bond donors (Lipinski definition) is 2. The van der Waals surface area contributed by atoms with Gasteiger partial charge in [0.05, 0.1) is 17.7 Å². The highest BCUT2D eigenvalue weighted by atomic mass is 35.5. The van der Waals surface area contributed by atoms with Crippen molar-refractivity contribution in [3.8, 4) is 6.07 Å². The molecule has 1 aromatic carbocycles. The third kappa shape index (κ3) is 3.79. The Morgan fingerprint density at radius 1 is 1.42 bits per heavy atom. The van der Waals surface area contributed by atoms with E-state index in [1.807, 2.05) is 29.0 Å². The average Bonchev–Trinajstić information content (AvgIpc) is 2.94. The number of aliphatic hydroxyl groups excluding tert-OH is 1. The standard InChI is InChI=1S/C14H13ClN2OS/c15-13-5-10(6-16)1-2-11(13)7-17-8-14(18)12-3-4-19-9-12/h1-5,9,14,17-18H,7-8H2. The van der Waals surface area contributed by atoms with Gasteiger partial charge in [-0.25, -0.2) is 0 Å². The van der Waals surface area contributed by atoms with E-state index in [-0.39, 0.29) is 0 Å². The first-order valence-corrected chi connectivity index (χ1v) is 7.12. The van der Waals surface area contributed by atoms with Gasteiger partial charge in [0, 0.05) is 18.1 Å². The molecular weight excluding hydrogens is 280 g/mol. The molecule has 1 heterocycles. The molecule has 0 bridgehead atoms. The Hall–Kier alpha value is -1.38. The predicted octanol–water partition coefficient (Wildman–Crippen LogP) is 3.10. The molecule has 1 aromatic heterocycles. The van der Waals surface area contributed by atoms with Crippen molar-refractivity contribution < 1.29 is 5.11 Å². The van der Waals surface area contributed by atoms with E-state index in [0.717, 1.165) is 11.1 Å². The van der Waals surface area contributed by atoms with Crippen molar-refractivity contribution in [2.45, 2.75) is 12.6 Å². The fourth-order valence-electron chi connectivity index (χ4n) is 1.69. The molecule has 1 atom stereocenters. The molecule has 0 aliphatic carbocycles. The molecule has 2 aromatic rings. The number of halogens is 1. The molecule has 1 unspecified atom stereocenters. The van der Waals surface area contributed by atoms with E-state index in [0.29, 0.717) is 23.7 Å². The van der Waals surface area contributed by atoms with E-state index >= 15 is 0 Å². The lowest BCUT2D eigenvalue weighted by Crippen LogP contribution is -2.20. The van der Waals surface area contributed by atoms with Crippen molar-refractivity contribution in [1.82, 2.24) is 5.32 Å². The second-order valence-corrected chi connectivity index (χ2v) is 5.31. The number of thiophene rings is 1. The fourth-order valence-corrected chi connectivity index (χ4v) is 2.64. The highest BCUT2D eigenvalue weighted by molar-refractivity contribution is 7.07. The molecule has 0 aliphatic rings. The van der Waals surface area contributed by atoms with Crippen LogP contribution in [0.2, 0.25) is 5.02 Å². The molecular formula is C14H13ClN2OS. The summed E-state index contributed by atoms with van der Waals surface area (Å²) >= 11 is 7.64. The molecule has 5 heteroatoms. The predicted molar refractivity (Wildman–Crippen MR) is 77.2 cm³/mol. The van der Waals surface area contributed by atoms with E-state index in [2.05, 4.69) is 5.32 Å². The maximum Gasteiger partial charge on any atom is 0.0992 e. The van der Waals surface area contributed by atoms with Crippen LogP contribution in [0.1, 0.15) is 22.8 Å². The lowest BCUT2D eigenvalue weighted by Gasteiger charge is -2.11. The molecule has 0 saturated carbocycles. The van der Waals surface area contributed by atoms with Crippen LogP contribution < -0.4 is 5.32 Å². The molecule has 2 N–H and O–H groups in total. The minimum atomic E-state index is -0.511. The Labute approximate surface area is 121 Å². The number of nitrogens with one attached hydrogen (secondary N) is 1. The molecule has 2 rings (SSSR count). The van der Waals surface area contributed by atoms with Gasteiger partial charge in [0.15, 0.2) is 0 Å². The van der Waals surface area contributed by atoms with Crippen molar-refractivity contribution in [3.05, 3.63) is 56.7 Å². The third-order valence-corrected chi connectivity index (χ3v) is 3.82. The Kier molecular flexibility index (Phi) is 4.94. The first-order chi connectivity index (χ1) is 9.20. The van der Waals surface area contributed by atoms with Crippen molar-refractivity contribution in [3.63, 3.8) is 0 Å². The smallest absolute Gasteiger partial charge is 0.0992 e. The number of hydrogen-bond acceptors (Lipinski definition) is 4. The maximum atomic E-state index is 9.91. The molecule has 0 amide bonds. The van der Waals surface area contributed by atoms with Crippen LogP contribution in [0.15, 0.2) is 35.0 Å². The number of aliphatic hydroxyl groups is 1. The summed E-state index contributed by atoms with van der Waals surface area (Å²) in [6.45, 7) is 1.03. The van der Waals surface area contributed by atoms with E-state index in [9.17, 15) is 5.11 Å². The van der Waals surface area contributed by atoms with Crippen LogP contribution in [0.25, 0.3) is 0 Å². The maximum absolute atomic E-state index is 9.91. The summed E-state index contributed by atoms with van der Waals surface area (Å²) in [6, 6.07) is 9.16. The zero-order valence-electron chi connectivity index (χ0n) is 10.1. The average molecular weight is 293 g/mol. The van der Waals surface area contributed by atoms with Crippen LogP contribution in [0, 0.1) is 11.3 Å². The Balaban J connectivity index is 1.88. The lowest BCUT2D eigenvalue weighted by atomic mass is 10.1. The summed E-state index contributed by atoms with van der Waals surface area (Å²) in [7, 11) is 0. The van der Waals surface area contributed by atoms with Gasteiger partial charge in [0.25, 0.3) is 0 Å². The van der Waals surface area contributed by atoms with Crippen LogP contribution in [0.3, 0.4) is 0 Å². The number of rotatable bonds is 5. The summed E-state index contributed by atoms with van der Waals surface area (Å²) in [5, 5.41) is 26.3. The normalized spacial score (nSPS) is 12.1. The minimum absolute atomic E-state index is 0.465. The van der Waals surface area contributed by atoms with Crippen molar-refractivity contribution in [2.75, 3.05) is 6.54 Å². The second-order valence-electron chi connectivity index (χ2n) is 4.12. The molecule has 0 aliphatic heterocycles. The quantitative estimate of drug-likeness (QED) is 0.890. The highest BCUT2D eigenvalue weighted by Crippen LogP contribution is 2.18. The second kappa shape index (κ2) is 6.69. The van der Waals surface area contributed by atoms with Crippen molar-refractivity contribution in [2.24, 2.45) is 0 Å². The first kappa shape index (κ1) is 14.0. The van der Waals surface area contributed by atoms with E-state index in [4.69, 9.17) is 16.9 Å². The van der Waals surface area contributed by atoms with Gasteiger partial charge < -0.3 is 10.4 Å². The fraction of sp³-hybridized carbons (Fsp3) is 0.214. The zero-order valence-corrected chi connectivity index (χ0v) is 11.7. The molecule has 0 spiro atoms. The summed E-state index contributed by atoms with van der Waals surface area (Å²) in [6.07, 6.45) is -0.511.